The van der Waals surface area contributed by atoms with Gasteiger partial charge in [-0.25, -0.2) is 0 Å². The van der Waals surface area contributed by atoms with Crippen molar-refractivity contribution in [3.63, 3.8) is 0 Å². The quantitative estimate of drug-likeness (QED) is 0.844. The predicted molar refractivity (Wildman–Crippen MR) is 86.2 cm³/mol. The Morgan fingerprint density at radius 1 is 1.00 bits per heavy atom. The van der Waals surface area contributed by atoms with Gasteiger partial charge in [0.05, 0.1) is 13.2 Å². The van der Waals surface area contributed by atoms with Gasteiger partial charge in [-0.1, -0.05) is 6.07 Å². The smallest absolute Gasteiger partial charge is 0.222 e. The van der Waals surface area contributed by atoms with Crippen LogP contribution in [0.3, 0.4) is 0 Å². The Balaban J connectivity index is 1.29. The van der Waals surface area contributed by atoms with Gasteiger partial charge in [0, 0.05) is 32.4 Å². The fourth-order valence-electron chi connectivity index (χ4n) is 3.54. The number of ether oxygens (including phenoxy) is 4. The molecule has 2 fully saturated rings. The summed E-state index contributed by atoms with van der Waals surface area (Å²) in [6.07, 6.45) is 2.75. The molecule has 0 atom stereocenters. The van der Waals surface area contributed by atoms with Gasteiger partial charge >= 0.3 is 0 Å². The Labute approximate surface area is 141 Å². The third-order valence-electron chi connectivity index (χ3n) is 4.93. The fourth-order valence-corrected chi connectivity index (χ4v) is 3.54. The SMILES string of the molecule is O=C(CCc1ccc2c(c1)OCCO2)N1CCC2(CC1)OCCO2. The van der Waals surface area contributed by atoms with Gasteiger partial charge in [0.25, 0.3) is 0 Å². The van der Waals surface area contributed by atoms with Gasteiger partial charge < -0.3 is 23.8 Å². The molecular formula is C18H23NO5. The summed E-state index contributed by atoms with van der Waals surface area (Å²) in [5, 5.41) is 0. The molecule has 4 rings (SSSR count). The van der Waals surface area contributed by atoms with E-state index in [1.54, 1.807) is 0 Å². The first-order chi connectivity index (χ1) is 11.7. The van der Waals surface area contributed by atoms with Crippen LogP contribution >= 0.6 is 0 Å². The number of carbonyl (C=O) groups excluding carboxylic acids is 1. The zero-order valence-electron chi connectivity index (χ0n) is 13.8. The first-order valence-electron chi connectivity index (χ1n) is 8.68. The number of aryl methyl sites for hydroxylation is 1. The molecule has 0 bridgehead atoms. The van der Waals surface area contributed by atoms with Crippen LogP contribution < -0.4 is 9.47 Å². The molecule has 0 aromatic heterocycles. The standard InChI is InChI=1S/C18H23NO5/c20-17(19-7-5-18(6-8-19)23-11-12-24-18)4-2-14-1-3-15-16(13-14)22-10-9-21-15/h1,3,13H,2,4-12H2. The zero-order chi connectivity index (χ0) is 16.4. The molecule has 0 unspecified atom stereocenters. The van der Waals surface area contributed by atoms with Gasteiger partial charge in [0.1, 0.15) is 13.2 Å². The number of fused-ring (bicyclic) bond motifs is 1. The summed E-state index contributed by atoms with van der Waals surface area (Å²) in [5.74, 6) is 1.33. The number of nitrogens with zero attached hydrogens (tertiary/aromatic N) is 1. The van der Waals surface area contributed by atoms with Crippen LogP contribution in [-0.2, 0) is 20.7 Å². The maximum atomic E-state index is 12.5. The molecule has 0 saturated carbocycles. The molecule has 1 aromatic carbocycles. The number of hydrogen-bond acceptors (Lipinski definition) is 5. The van der Waals surface area contributed by atoms with Crippen LogP contribution in [0.5, 0.6) is 11.5 Å². The Kier molecular flexibility index (Phi) is 4.33. The molecule has 1 amide bonds. The summed E-state index contributed by atoms with van der Waals surface area (Å²) in [6.45, 7) is 3.92. The minimum absolute atomic E-state index is 0.192. The van der Waals surface area contributed by atoms with Crippen LogP contribution in [0.2, 0.25) is 0 Å². The van der Waals surface area contributed by atoms with Crippen molar-refractivity contribution in [3.05, 3.63) is 23.8 Å². The van der Waals surface area contributed by atoms with Gasteiger partial charge in [-0.3, -0.25) is 4.79 Å². The first kappa shape index (κ1) is 15.7. The van der Waals surface area contributed by atoms with E-state index in [4.69, 9.17) is 18.9 Å². The zero-order valence-corrected chi connectivity index (χ0v) is 13.8. The molecule has 24 heavy (non-hydrogen) atoms. The number of hydrogen-bond donors (Lipinski definition) is 0. The lowest BCUT2D eigenvalue weighted by Crippen LogP contribution is -2.47. The molecule has 0 radical (unpaired) electrons. The monoisotopic (exact) mass is 333 g/mol. The maximum Gasteiger partial charge on any atom is 0.222 e. The Bertz CT molecular complexity index is 601. The van der Waals surface area contributed by atoms with Crippen molar-refractivity contribution >= 4 is 5.91 Å². The molecule has 6 nitrogen and oxygen atoms in total. The lowest BCUT2D eigenvalue weighted by atomic mass is 10.0. The minimum Gasteiger partial charge on any atom is -0.486 e. The third kappa shape index (κ3) is 3.21. The number of benzene rings is 1. The Morgan fingerprint density at radius 2 is 1.71 bits per heavy atom. The number of carbonyl (C=O) groups is 1. The average Bonchev–Trinajstić information content (AvgIpc) is 3.08. The van der Waals surface area contributed by atoms with E-state index in [1.165, 1.54) is 0 Å². The fraction of sp³-hybridized carbons (Fsp3) is 0.611. The largest absolute Gasteiger partial charge is 0.486 e. The summed E-state index contributed by atoms with van der Waals surface area (Å²) in [6, 6.07) is 5.91. The second-order valence-corrected chi connectivity index (χ2v) is 6.47. The first-order valence-corrected chi connectivity index (χ1v) is 8.68. The molecule has 3 aliphatic rings. The van der Waals surface area contributed by atoms with Crippen molar-refractivity contribution in [1.29, 1.82) is 0 Å². The van der Waals surface area contributed by atoms with Crippen molar-refractivity contribution in [2.24, 2.45) is 0 Å². The van der Waals surface area contributed by atoms with Crippen LogP contribution in [0.4, 0.5) is 0 Å². The molecule has 130 valence electrons. The number of rotatable bonds is 3. The molecule has 3 heterocycles. The van der Waals surface area contributed by atoms with Gasteiger partial charge in [0.2, 0.25) is 5.91 Å². The Morgan fingerprint density at radius 3 is 2.46 bits per heavy atom. The molecule has 2 saturated heterocycles. The molecule has 6 heteroatoms. The van der Waals surface area contributed by atoms with E-state index in [9.17, 15) is 4.79 Å². The van der Waals surface area contributed by atoms with E-state index in [1.807, 2.05) is 23.1 Å². The van der Waals surface area contributed by atoms with Crippen molar-refractivity contribution in [2.75, 3.05) is 39.5 Å². The topological polar surface area (TPSA) is 57.2 Å². The highest BCUT2D eigenvalue weighted by molar-refractivity contribution is 5.76. The molecule has 3 aliphatic heterocycles. The Hall–Kier alpha value is -1.79. The second-order valence-electron chi connectivity index (χ2n) is 6.47. The molecule has 0 N–H and O–H groups in total. The highest BCUT2D eigenvalue weighted by Gasteiger charge is 2.40. The van der Waals surface area contributed by atoms with Crippen molar-refractivity contribution in [2.45, 2.75) is 31.5 Å². The number of likely N-dealkylation sites (tertiary alicyclic amines) is 1. The molecule has 0 aliphatic carbocycles. The highest BCUT2D eigenvalue weighted by Crippen LogP contribution is 2.32. The second kappa shape index (κ2) is 6.61. The number of piperidine rings is 1. The van der Waals surface area contributed by atoms with Crippen molar-refractivity contribution in [3.8, 4) is 11.5 Å². The van der Waals surface area contributed by atoms with Crippen LogP contribution in [0.1, 0.15) is 24.8 Å². The van der Waals surface area contributed by atoms with E-state index < -0.39 is 5.79 Å². The number of amides is 1. The summed E-state index contributed by atoms with van der Waals surface area (Å²) in [7, 11) is 0. The van der Waals surface area contributed by atoms with Crippen molar-refractivity contribution in [1.82, 2.24) is 4.90 Å². The van der Waals surface area contributed by atoms with Gasteiger partial charge in [-0.05, 0) is 24.1 Å². The molecular weight excluding hydrogens is 310 g/mol. The molecule has 1 spiro atoms. The van der Waals surface area contributed by atoms with E-state index in [0.29, 0.717) is 52.4 Å². The van der Waals surface area contributed by atoms with Crippen LogP contribution in [-0.4, -0.2) is 56.1 Å². The van der Waals surface area contributed by atoms with E-state index in [2.05, 4.69) is 0 Å². The van der Waals surface area contributed by atoms with Crippen LogP contribution in [0, 0.1) is 0 Å². The van der Waals surface area contributed by atoms with E-state index >= 15 is 0 Å². The van der Waals surface area contributed by atoms with Gasteiger partial charge in [-0.15, -0.1) is 0 Å². The van der Waals surface area contributed by atoms with E-state index in [-0.39, 0.29) is 5.91 Å². The maximum absolute atomic E-state index is 12.5. The third-order valence-corrected chi connectivity index (χ3v) is 4.93. The predicted octanol–water partition coefficient (Wildman–Crippen LogP) is 1.76. The minimum atomic E-state index is -0.424. The van der Waals surface area contributed by atoms with Crippen LogP contribution in [0.25, 0.3) is 0 Å². The van der Waals surface area contributed by atoms with Crippen molar-refractivity contribution < 1.29 is 23.7 Å². The van der Waals surface area contributed by atoms with Gasteiger partial charge in [-0.2, -0.15) is 0 Å². The van der Waals surface area contributed by atoms with Crippen LogP contribution in [0.15, 0.2) is 18.2 Å². The van der Waals surface area contributed by atoms with E-state index in [0.717, 1.165) is 29.9 Å². The summed E-state index contributed by atoms with van der Waals surface area (Å²) in [5.41, 5.74) is 1.10. The summed E-state index contributed by atoms with van der Waals surface area (Å²) >= 11 is 0. The summed E-state index contributed by atoms with van der Waals surface area (Å²) in [4.78, 5) is 14.4. The molecule has 1 aromatic rings. The lowest BCUT2D eigenvalue weighted by molar-refractivity contribution is -0.187. The normalized spacial score (nSPS) is 21.9. The highest BCUT2D eigenvalue weighted by atomic mass is 16.7. The lowest BCUT2D eigenvalue weighted by Gasteiger charge is -2.37. The van der Waals surface area contributed by atoms with Gasteiger partial charge in [0.15, 0.2) is 17.3 Å². The summed E-state index contributed by atoms with van der Waals surface area (Å²) < 4.78 is 22.5. The average molecular weight is 333 g/mol.